The van der Waals surface area contributed by atoms with Gasteiger partial charge in [-0.3, -0.25) is 0 Å². The first kappa shape index (κ1) is 26.4. The van der Waals surface area contributed by atoms with Gasteiger partial charge in [-0.2, -0.15) is 0 Å². The summed E-state index contributed by atoms with van der Waals surface area (Å²) >= 11 is 0. The summed E-state index contributed by atoms with van der Waals surface area (Å²) in [6.07, 6.45) is 0. The van der Waals surface area contributed by atoms with E-state index in [0.29, 0.717) is 6.61 Å². The zero-order valence-corrected chi connectivity index (χ0v) is 18.2. The van der Waals surface area contributed by atoms with Crippen LogP contribution in [0.25, 0.3) is 0 Å². The van der Waals surface area contributed by atoms with Crippen molar-refractivity contribution in [2.45, 2.75) is 13.2 Å². The van der Waals surface area contributed by atoms with Crippen LogP contribution in [0.15, 0.2) is 60.7 Å². The number of benzene rings is 2. The molecular formula is C23H28O10. The Balaban J connectivity index is 1.31. The molecule has 180 valence electrons. The first-order valence-corrected chi connectivity index (χ1v) is 10.3. The first-order valence-electron chi connectivity index (χ1n) is 10.3. The van der Waals surface area contributed by atoms with Crippen LogP contribution in [0.5, 0.6) is 0 Å². The molecule has 0 spiro atoms. The van der Waals surface area contributed by atoms with Crippen molar-refractivity contribution >= 4 is 11.9 Å². The molecule has 0 bridgehead atoms. The van der Waals surface area contributed by atoms with E-state index in [-0.39, 0.29) is 46.4 Å². The highest BCUT2D eigenvalue weighted by molar-refractivity contribution is 5.76. The number of carbonyl (C=O) groups excluding carboxylic acids is 2. The van der Waals surface area contributed by atoms with Gasteiger partial charge in [0.1, 0.15) is 46.4 Å². The van der Waals surface area contributed by atoms with Gasteiger partial charge < -0.3 is 18.9 Å². The normalized spacial score (nSPS) is 10.7. The standard InChI is InChI=1S/C23H28O10/c24-22(29-18-23(25)28-15-20-7-3-1-4-8-20)17-27-19-26-11-12-30-31-13-14-32-33-16-21-9-5-2-6-10-21/h1-10H,11-19H2. The molecule has 0 amide bonds. The number of hydrogen-bond acceptors (Lipinski definition) is 10. The molecule has 0 radical (unpaired) electrons. The van der Waals surface area contributed by atoms with Gasteiger partial charge in [0.2, 0.25) is 0 Å². The van der Waals surface area contributed by atoms with Gasteiger partial charge in [-0.05, 0) is 11.1 Å². The van der Waals surface area contributed by atoms with Gasteiger partial charge in [0, 0.05) is 0 Å². The van der Waals surface area contributed by atoms with Crippen molar-refractivity contribution in [1.29, 1.82) is 0 Å². The minimum absolute atomic E-state index is 0.114. The van der Waals surface area contributed by atoms with Gasteiger partial charge in [-0.15, -0.1) is 0 Å². The van der Waals surface area contributed by atoms with Gasteiger partial charge in [0.05, 0.1) is 6.61 Å². The van der Waals surface area contributed by atoms with Crippen molar-refractivity contribution < 1.29 is 48.1 Å². The molecule has 2 aromatic rings. The average molecular weight is 464 g/mol. The average Bonchev–Trinajstić information content (AvgIpc) is 2.85. The highest BCUT2D eigenvalue weighted by atomic mass is 17.2. The summed E-state index contributed by atoms with van der Waals surface area (Å²) in [5.74, 6) is -1.35. The quantitative estimate of drug-likeness (QED) is 0.107. The lowest BCUT2D eigenvalue weighted by molar-refractivity contribution is -0.347. The zero-order valence-electron chi connectivity index (χ0n) is 18.2. The fraction of sp³-hybridized carbons (Fsp3) is 0.391. The molecular weight excluding hydrogens is 436 g/mol. The number of rotatable bonds is 18. The Labute approximate surface area is 192 Å². The second-order valence-corrected chi connectivity index (χ2v) is 6.40. The zero-order chi connectivity index (χ0) is 23.4. The third kappa shape index (κ3) is 14.0. The summed E-state index contributed by atoms with van der Waals surface area (Å²) in [5, 5.41) is 0. The number of ether oxygens (including phenoxy) is 4. The Morgan fingerprint density at radius 1 is 0.545 bits per heavy atom. The third-order valence-corrected chi connectivity index (χ3v) is 3.78. The summed E-state index contributed by atoms with van der Waals surface area (Å²) in [6.45, 7) is 0.213. The molecule has 0 unspecified atom stereocenters. The molecule has 0 atom stereocenters. The molecule has 10 heteroatoms. The fourth-order valence-corrected chi connectivity index (χ4v) is 2.23. The van der Waals surface area contributed by atoms with Gasteiger partial charge in [0.15, 0.2) is 6.61 Å². The predicted octanol–water partition coefficient (Wildman–Crippen LogP) is 2.36. The van der Waals surface area contributed by atoms with Crippen LogP contribution in [-0.4, -0.2) is 58.4 Å². The van der Waals surface area contributed by atoms with E-state index in [1.54, 1.807) is 0 Å². The number of esters is 2. The summed E-state index contributed by atoms with van der Waals surface area (Å²) in [7, 11) is 0. The van der Waals surface area contributed by atoms with Crippen LogP contribution < -0.4 is 0 Å². The van der Waals surface area contributed by atoms with E-state index in [1.807, 2.05) is 60.7 Å². The van der Waals surface area contributed by atoms with Crippen LogP contribution in [0.3, 0.4) is 0 Å². The maximum absolute atomic E-state index is 11.5. The fourth-order valence-electron chi connectivity index (χ4n) is 2.23. The molecule has 0 saturated heterocycles. The van der Waals surface area contributed by atoms with E-state index < -0.39 is 18.5 Å². The molecule has 0 saturated carbocycles. The van der Waals surface area contributed by atoms with Gasteiger partial charge in [-0.1, -0.05) is 60.7 Å². The van der Waals surface area contributed by atoms with Gasteiger partial charge in [0.25, 0.3) is 0 Å². The summed E-state index contributed by atoms with van der Waals surface area (Å²) in [5.41, 5.74) is 1.84. The van der Waals surface area contributed by atoms with Crippen LogP contribution in [0.1, 0.15) is 11.1 Å². The van der Waals surface area contributed by atoms with Crippen molar-refractivity contribution in [3.05, 3.63) is 71.8 Å². The van der Waals surface area contributed by atoms with Crippen molar-refractivity contribution in [3.63, 3.8) is 0 Å². The van der Waals surface area contributed by atoms with E-state index in [2.05, 4.69) is 0 Å². The Morgan fingerprint density at radius 2 is 1.09 bits per heavy atom. The predicted molar refractivity (Wildman–Crippen MR) is 113 cm³/mol. The molecule has 2 rings (SSSR count). The largest absolute Gasteiger partial charge is 0.458 e. The van der Waals surface area contributed by atoms with Crippen LogP contribution in [0, 0.1) is 0 Å². The van der Waals surface area contributed by atoms with Crippen LogP contribution in [0.4, 0.5) is 0 Å². The molecule has 0 aliphatic heterocycles. The van der Waals surface area contributed by atoms with Gasteiger partial charge >= 0.3 is 11.9 Å². The van der Waals surface area contributed by atoms with E-state index in [0.717, 1.165) is 11.1 Å². The minimum atomic E-state index is -0.704. The summed E-state index contributed by atoms with van der Waals surface area (Å²) in [6, 6.07) is 18.8. The number of carbonyl (C=O) groups is 2. The molecule has 0 fully saturated rings. The molecule has 0 heterocycles. The second kappa shape index (κ2) is 17.7. The highest BCUT2D eigenvalue weighted by Crippen LogP contribution is 2.01. The summed E-state index contributed by atoms with van der Waals surface area (Å²) < 4.78 is 19.8. The molecule has 0 aromatic heterocycles. The van der Waals surface area contributed by atoms with E-state index in [9.17, 15) is 9.59 Å². The van der Waals surface area contributed by atoms with E-state index in [4.69, 9.17) is 38.5 Å². The Hall–Kier alpha value is -2.86. The monoisotopic (exact) mass is 464 g/mol. The molecule has 0 aliphatic carbocycles. The highest BCUT2D eigenvalue weighted by Gasteiger charge is 2.09. The maximum Gasteiger partial charge on any atom is 0.344 e. The van der Waals surface area contributed by atoms with Crippen LogP contribution in [-0.2, 0) is 61.3 Å². The van der Waals surface area contributed by atoms with Crippen molar-refractivity contribution in [1.82, 2.24) is 0 Å². The molecule has 2 aromatic carbocycles. The first-order chi connectivity index (χ1) is 16.2. The van der Waals surface area contributed by atoms with Crippen molar-refractivity contribution in [3.8, 4) is 0 Å². The topological polar surface area (TPSA) is 108 Å². The molecule has 0 N–H and O–H groups in total. The van der Waals surface area contributed by atoms with E-state index >= 15 is 0 Å². The maximum atomic E-state index is 11.5. The van der Waals surface area contributed by atoms with Gasteiger partial charge in [-0.25, -0.2) is 29.1 Å². The Morgan fingerprint density at radius 3 is 1.76 bits per heavy atom. The molecule has 0 aliphatic rings. The van der Waals surface area contributed by atoms with E-state index in [1.165, 1.54) is 0 Å². The SMILES string of the molecule is O=C(COCOCCOOCCOOCc1ccccc1)OCC(=O)OCc1ccccc1. The number of hydrogen-bond donors (Lipinski definition) is 0. The smallest absolute Gasteiger partial charge is 0.344 e. The van der Waals surface area contributed by atoms with Crippen molar-refractivity contribution in [2.24, 2.45) is 0 Å². The lowest BCUT2D eigenvalue weighted by atomic mass is 10.2. The lowest BCUT2D eigenvalue weighted by Crippen LogP contribution is -2.20. The second-order valence-electron chi connectivity index (χ2n) is 6.40. The molecule has 33 heavy (non-hydrogen) atoms. The Bertz CT molecular complexity index is 769. The minimum Gasteiger partial charge on any atom is -0.458 e. The van der Waals surface area contributed by atoms with Crippen LogP contribution in [0.2, 0.25) is 0 Å². The Kier molecular flexibility index (Phi) is 14.1. The molecule has 10 nitrogen and oxygen atoms in total. The third-order valence-electron chi connectivity index (χ3n) is 3.78. The van der Waals surface area contributed by atoms with Crippen molar-refractivity contribution in [2.75, 3.05) is 46.4 Å². The summed E-state index contributed by atoms with van der Waals surface area (Å²) in [4.78, 5) is 42.8. The van der Waals surface area contributed by atoms with Crippen LogP contribution >= 0.6 is 0 Å². The lowest BCUT2D eigenvalue weighted by Gasteiger charge is -2.08.